The van der Waals surface area contributed by atoms with Crippen LogP contribution in [0.4, 0.5) is 5.82 Å². The van der Waals surface area contributed by atoms with Crippen molar-refractivity contribution < 1.29 is 9.59 Å². The Morgan fingerprint density at radius 2 is 1.81 bits per heavy atom. The normalized spacial score (nSPS) is 11.6. The van der Waals surface area contributed by atoms with Crippen LogP contribution in [0.1, 0.15) is 32.5 Å². The third kappa shape index (κ3) is 3.83. The molecule has 0 radical (unpaired) electrons. The van der Waals surface area contributed by atoms with Crippen molar-refractivity contribution in [3.8, 4) is 11.3 Å². The van der Waals surface area contributed by atoms with Gasteiger partial charge in [-0.1, -0.05) is 48.5 Å². The number of carbonyl (C=O) groups excluding carboxylic acids is 2. The summed E-state index contributed by atoms with van der Waals surface area (Å²) in [6.45, 7) is 0. The first kappa shape index (κ1) is 18.2. The minimum Gasteiger partial charge on any atom is -0.382 e. The minimum atomic E-state index is -0.812. The zero-order valence-corrected chi connectivity index (χ0v) is 14.7. The number of ketones is 1. The van der Waals surface area contributed by atoms with Gasteiger partial charge >= 0.3 is 0 Å². The first-order chi connectivity index (χ1) is 13.0. The molecule has 0 saturated carbocycles. The molecule has 136 valence electrons. The Hall–Kier alpha value is -3.58. The molecule has 5 N–H and O–H groups in total. The van der Waals surface area contributed by atoms with Crippen molar-refractivity contribution in [1.29, 1.82) is 0 Å². The second-order valence-corrected chi connectivity index (χ2v) is 5.90. The second kappa shape index (κ2) is 7.76. The molecule has 1 atom stereocenters. The Kier molecular flexibility index (Phi) is 5.23. The van der Waals surface area contributed by atoms with Gasteiger partial charge in [-0.05, 0) is 11.6 Å². The molecule has 0 saturated heterocycles. The molecule has 0 aliphatic rings. The molecule has 0 bridgehead atoms. The van der Waals surface area contributed by atoms with E-state index >= 15 is 0 Å². The number of carbonyl (C=O) groups is 2. The van der Waals surface area contributed by atoms with Crippen molar-refractivity contribution >= 4 is 17.5 Å². The van der Waals surface area contributed by atoms with Crippen LogP contribution in [0.2, 0.25) is 0 Å². The molecule has 0 aliphatic carbocycles. The van der Waals surface area contributed by atoms with Gasteiger partial charge in [0.25, 0.3) is 5.91 Å². The van der Waals surface area contributed by atoms with E-state index < -0.39 is 11.9 Å². The second-order valence-electron chi connectivity index (χ2n) is 5.90. The third-order valence-corrected chi connectivity index (χ3v) is 4.13. The van der Waals surface area contributed by atoms with E-state index in [1.165, 1.54) is 13.2 Å². The maximum absolute atomic E-state index is 12.6. The first-order valence-corrected chi connectivity index (χ1v) is 8.31. The molecule has 3 rings (SSSR count). The van der Waals surface area contributed by atoms with Gasteiger partial charge in [0.05, 0.1) is 17.9 Å². The van der Waals surface area contributed by atoms with Crippen LogP contribution < -0.4 is 16.8 Å². The fourth-order valence-corrected chi connectivity index (χ4v) is 2.65. The Morgan fingerprint density at radius 3 is 2.52 bits per heavy atom. The van der Waals surface area contributed by atoms with E-state index in [2.05, 4.69) is 15.3 Å². The number of aromatic nitrogens is 2. The van der Waals surface area contributed by atoms with Crippen molar-refractivity contribution in [2.24, 2.45) is 5.73 Å². The van der Waals surface area contributed by atoms with Crippen LogP contribution in [0.5, 0.6) is 0 Å². The minimum absolute atomic E-state index is 0.0464. The average molecular weight is 361 g/mol. The lowest BCUT2D eigenvalue weighted by atomic mass is 9.96. The van der Waals surface area contributed by atoms with E-state index in [9.17, 15) is 9.59 Å². The van der Waals surface area contributed by atoms with Crippen molar-refractivity contribution in [2.75, 3.05) is 12.8 Å². The SMILES string of the molecule is CNC(=O)c1nc(-c2cccc(C(N)C(=O)c3ccccc3)c2)cnc1N. The maximum Gasteiger partial charge on any atom is 0.273 e. The van der Waals surface area contributed by atoms with Crippen LogP contribution in [0, 0.1) is 0 Å². The van der Waals surface area contributed by atoms with Crippen molar-refractivity contribution in [1.82, 2.24) is 15.3 Å². The summed E-state index contributed by atoms with van der Waals surface area (Å²) in [6.07, 6.45) is 1.48. The van der Waals surface area contributed by atoms with Crippen LogP contribution >= 0.6 is 0 Å². The lowest BCUT2D eigenvalue weighted by Gasteiger charge is -2.13. The van der Waals surface area contributed by atoms with Gasteiger partial charge in [0.15, 0.2) is 17.3 Å². The molecule has 0 spiro atoms. The smallest absolute Gasteiger partial charge is 0.273 e. The zero-order chi connectivity index (χ0) is 19.4. The van der Waals surface area contributed by atoms with Gasteiger partial charge in [-0.3, -0.25) is 9.59 Å². The highest BCUT2D eigenvalue weighted by atomic mass is 16.1. The van der Waals surface area contributed by atoms with Crippen molar-refractivity contribution in [3.05, 3.63) is 77.6 Å². The van der Waals surface area contributed by atoms with E-state index in [0.717, 1.165) is 0 Å². The summed E-state index contributed by atoms with van der Waals surface area (Å²) in [4.78, 5) is 32.8. The number of nitrogens with two attached hydrogens (primary N) is 2. The number of nitrogens with zero attached hydrogens (tertiary/aromatic N) is 2. The zero-order valence-electron chi connectivity index (χ0n) is 14.7. The molecule has 3 aromatic rings. The highest BCUT2D eigenvalue weighted by Crippen LogP contribution is 2.23. The van der Waals surface area contributed by atoms with E-state index in [0.29, 0.717) is 22.4 Å². The predicted molar refractivity (Wildman–Crippen MR) is 103 cm³/mol. The molecule has 1 amide bonds. The molecule has 27 heavy (non-hydrogen) atoms. The maximum atomic E-state index is 12.6. The quantitative estimate of drug-likeness (QED) is 0.597. The van der Waals surface area contributed by atoms with Gasteiger partial charge in [0.1, 0.15) is 0 Å². The molecule has 1 unspecified atom stereocenters. The van der Waals surface area contributed by atoms with Crippen LogP contribution in [0.3, 0.4) is 0 Å². The van der Waals surface area contributed by atoms with Crippen LogP contribution in [-0.4, -0.2) is 28.7 Å². The van der Waals surface area contributed by atoms with Crippen LogP contribution in [0.15, 0.2) is 60.8 Å². The fraction of sp³-hybridized carbons (Fsp3) is 0.100. The Morgan fingerprint density at radius 1 is 1.07 bits per heavy atom. The fourth-order valence-electron chi connectivity index (χ4n) is 2.65. The molecule has 1 heterocycles. The van der Waals surface area contributed by atoms with Crippen LogP contribution in [0.25, 0.3) is 11.3 Å². The summed E-state index contributed by atoms with van der Waals surface area (Å²) >= 11 is 0. The highest BCUT2D eigenvalue weighted by molar-refractivity contribution is 6.00. The van der Waals surface area contributed by atoms with Crippen molar-refractivity contribution in [2.45, 2.75) is 6.04 Å². The van der Waals surface area contributed by atoms with Gasteiger partial charge < -0.3 is 16.8 Å². The van der Waals surface area contributed by atoms with Gasteiger partial charge in [0, 0.05) is 18.2 Å². The predicted octanol–water partition coefficient (Wildman–Crippen LogP) is 1.97. The Bertz CT molecular complexity index is 989. The third-order valence-electron chi connectivity index (χ3n) is 4.13. The van der Waals surface area contributed by atoms with Gasteiger partial charge in [-0.2, -0.15) is 0 Å². The Balaban J connectivity index is 1.94. The summed E-state index contributed by atoms with van der Waals surface area (Å²) in [5.74, 6) is -0.554. The number of anilines is 1. The van der Waals surface area contributed by atoms with Gasteiger partial charge in [-0.15, -0.1) is 0 Å². The standard InChI is InChI=1S/C20H19N5O2/c1-23-20(27)17-19(22)24-11-15(25-17)13-8-5-9-14(10-13)16(21)18(26)12-6-3-2-4-7-12/h2-11,16H,21H2,1H3,(H2,22,24)(H,23,27). The number of Topliss-reactive ketones (excluding diaryl/α,β-unsaturated/α-hetero) is 1. The molecule has 1 aromatic heterocycles. The monoisotopic (exact) mass is 361 g/mol. The van der Waals surface area contributed by atoms with E-state index in [-0.39, 0.29) is 17.3 Å². The lowest BCUT2D eigenvalue weighted by molar-refractivity contribution is 0.0952. The van der Waals surface area contributed by atoms with Crippen molar-refractivity contribution in [3.63, 3.8) is 0 Å². The number of nitrogen functional groups attached to an aromatic ring is 1. The summed E-state index contributed by atoms with van der Waals surface area (Å²) in [6, 6.07) is 15.2. The number of nitrogens with one attached hydrogen (secondary N) is 1. The molecular formula is C20H19N5O2. The number of benzene rings is 2. The average Bonchev–Trinajstić information content (AvgIpc) is 2.73. The summed E-state index contributed by atoms with van der Waals surface area (Å²) in [5, 5.41) is 2.48. The van der Waals surface area contributed by atoms with E-state index in [1.54, 1.807) is 48.5 Å². The molecule has 7 nitrogen and oxygen atoms in total. The number of rotatable bonds is 5. The van der Waals surface area contributed by atoms with Gasteiger partial charge in [-0.25, -0.2) is 9.97 Å². The summed E-state index contributed by atoms with van der Waals surface area (Å²) < 4.78 is 0. The molecule has 2 aromatic carbocycles. The molecule has 0 fully saturated rings. The lowest BCUT2D eigenvalue weighted by Crippen LogP contribution is -2.22. The Labute approximate surface area is 156 Å². The first-order valence-electron chi connectivity index (χ1n) is 8.31. The number of hydrogen-bond donors (Lipinski definition) is 3. The number of hydrogen-bond acceptors (Lipinski definition) is 6. The summed E-state index contributed by atoms with van der Waals surface area (Å²) in [7, 11) is 1.49. The molecule has 7 heteroatoms. The van der Waals surface area contributed by atoms with Gasteiger partial charge in [0.2, 0.25) is 0 Å². The van der Waals surface area contributed by atoms with Crippen LogP contribution in [-0.2, 0) is 0 Å². The largest absolute Gasteiger partial charge is 0.382 e. The topological polar surface area (TPSA) is 124 Å². The number of amides is 1. The highest BCUT2D eigenvalue weighted by Gasteiger charge is 2.19. The van der Waals surface area contributed by atoms with E-state index in [4.69, 9.17) is 11.5 Å². The summed E-state index contributed by atoms with van der Waals surface area (Å²) in [5.41, 5.74) is 14.3. The molecule has 0 aliphatic heterocycles. The molecular weight excluding hydrogens is 342 g/mol. The van der Waals surface area contributed by atoms with E-state index in [1.807, 2.05) is 6.07 Å².